The molecule has 0 aliphatic rings. The van der Waals surface area contributed by atoms with Crippen LogP contribution in [0.2, 0.25) is 0 Å². The third-order valence-corrected chi connectivity index (χ3v) is 11.7. The number of hydrogen-bond acceptors (Lipinski definition) is 3. The van der Waals surface area contributed by atoms with Crippen LogP contribution in [0.4, 0.5) is 0 Å². The molecule has 7 aromatic carbocycles. The summed E-state index contributed by atoms with van der Waals surface area (Å²) in [6.45, 7) is 17.2. The number of aryl methyl sites for hydroxylation is 2. The number of fused-ring (bicyclic) bond motifs is 1. The number of phenols is 1. The molecule has 0 atom stereocenters. The molecule has 9 aromatic rings. The second-order valence-electron chi connectivity index (χ2n) is 18.3. The van der Waals surface area contributed by atoms with Crippen LogP contribution in [-0.4, -0.2) is 19.6 Å². The molecule has 0 aliphatic carbocycles. The molecular weight excluding hydrogens is 755 g/mol. The largest absolute Gasteiger partial charge is 0.507 e. The number of hydrogen-bond donors (Lipinski definition) is 1. The molecule has 2 heterocycles. The number of para-hydroxylation sites is 1. The molecule has 0 unspecified atom stereocenters. The topological polar surface area (TPSA) is 50.9 Å². The van der Waals surface area contributed by atoms with Crippen LogP contribution in [0.1, 0.15) is 70.7 Å². The molecular formula is C58H53N3O. The Morgan fingerprint density at radius 2 is 1.23 bits per heavy atom. The van der Waals surface area contributed by atoms with Crippen LogP contribution >= 0.6 is 0 Å². The number of phenolic OH excluding ortho intramolecular Hbond substituents is 1. The Hall–Kier alpha value is -7.04. The first-order valence-electron chi connectivity index (χ1n) is 23.6. The molecule has 306 valence electrons. The van der Waals surface area contributed by atoms with Crippen molar-refractivity contribution in [2.75, 3.05) is 0 Å². The van der Waals surface area contributed by atoms with E-state index in [0.717, 1.165) is 72.4 Å². The van der Waals surface area contributed by atoms with Gasteiger partial charge in [0.25, 0.3) is 0 Å². The molecule has 0 aliphatic heterocycles. The summed E-state index contributed by atoms with van der Waals surface area (Å²) in [4.78, 5) is 10.4. The van der Waals surface area contributed by atoms with Crippen molar-refractivity contribution in [3.63, 3.8) is 0 Å². The summed E-state index contributed by atoms with van der Waals surface area (Å²) in [5.41, 5.74) is 14.7. The van der Waals surface area contributed by atoms with Gasteiger partial charge in [-0.1, -0.05) is 157 Å². The van der Waals surface area contributed by atoms with E-state index < -0.39 is 6.04 Å². The van der Waals surface area contributed by atoms with Gasteiger partial charge in [-0.2, -0.15) is 0 Å². The van der Waals surface area contributed by atoms with E-state index in [1.54, 1.807) is 18.3 Å². The highest BCUT2D eigenvalue weighted by Gasteiger charge is 2.27. The Morgan fingerprint density at radius 1 is 0.548 bits per heavy atom. The first-order chi connectivity index (χ1) is 31.8. The van der Waals surface area contributed by atoms with E-state index in [-0.39, 0.29) is 46.3 Å². The molecule has 4 nitrogen and oxygen atoms in total. The fraction of sp³-hybridized carbons (Fsp3) is 0.172. The second-order valence-corrected chi connectivity index (χ2v) is 18.3. The van der Waals surface area contributed by atoms with Crippen molar-refractivity contribution in [2.24, 2.45) is 0 Å². The molecule has 0 saturated carbocycles. The van der Waals surface area contributed by atoms with Gasteiger partial charge in [0.15, 0.2) is 0 Å². The summed E-state index contributed by atoms with van der Waals surface area (Å²) < 4.78 is 44.5. The molecule has 9 rings (SSSR count). The zero-order chi connectivity index (χ0) is 47.7. The number of rotatable bonds is 7. The maximum absolute atomic E-state index is 12.0. The minimum atomic E-state index is -0.432. The molecule has 0 radical (unpaired) electrons. The second kappa shape index (κ2) is 15.8. The van der Waals surface area contributed by atoms with Crippen LogP contribution in [0.5, 0.6) is 5.75 Å². The van der Waals surface area contributed by atoms with E-state index in [1.807, 2.05) is 38.1 Å². The molecule has 0 saturated heterocycles. The summed E-state index contributed by atoms with van der Waals surface area (Å²) >= 11 is 0. The standard InChI is InChI=1S/C58H53N3O/c1-37-29-38(2)55(62)49(30-37)56-60-54-46(43-31-44(33-45(32-43)57(3,4)5)51-34-42(27-28-59-51)39-19-12-9-13-20-39)25-18-26-52(54)61(56)53-36-47(40-21-14-10-15-22-40)50(58(6,7)8)35-48(53)41-23-16-11-17-24-41/h9-36,62H,1-8H3/i9D,12D,13D,19D,20D. The van der Waals surface area contributed by atoms with E-state index in [1.165, 1.54) is 5.56 Å². The van der Waals surface area contributed by atoms with Crippen molar-refractivity contribution in [1.82, 2.24) is 14.5 Å². The maximum Gasteiger partial charge on any atom is 0.149 e. The summed E-state index contributed by atoms with van der Waals surface area (Å²) in [6.07, 6.45) is 1.62. The minimum Gasteiger partial charge on any atom is -0.507 e. The van der Waals surface area contributed by atoms with Gasteiger partial charge in [-0.15, -0.1) is 0 Å². The Kier molecular flexibility index (Phi) is 8.81. The van der Waals surface area contributed by atoms with Crippen molar-refractivity contribution in [1.29, 1.82) is 0 Å². The molecule has 62 heavy (non-hydrogen) atoms. The first kappa shape index (κ1) is 34.6. The molecule has 4 heteroatoms. The van der Waals surface area contributed by atoms with Crippen LogP contribution in [0.15, 0.2) is 170 Å². The van der Waals surface area contributed by atoms with Crippen LogP contribution in [0, 0.1) is 13.8 Å². The highest BCUT2D eigenvalue weighted by atomic mass is 16.3. The number of benzene rings is 7. The van der Waals surface area contributed by atoms with Crippen LogP contribution in [-0.2, 0) is 10.8 Å². The third-order valence-electron chi connectivity index (χ3n) is 11.7. The Labute approximate surface area is 373 Å². The van der Waals surface area contributed by atoms with Gasteiger partial charge in [-0.3, -0.25) is 9.55 Å². The number of aromatic hydroxyl groups is 1. The lowest BCUT2D eigenvalue weighted by atomic mass is 9.79. The lowest BCUT2D eigenvalue weighted by Gasteiger charge is -2.27. The molecule has 1 N–H and O–H groups in total. The maximum atomic E-state index is 12.0. The molecule has 0 amide bonds. The number of nitrogens with zero attached hydrogens (tertiary/aromatic N) is 3. The van der Waals surface area contributed by atoms with Crippen LogP contribution in [0.25, 0.3) is 83.9 Å². The van der Waals surface area contributed by atoms with Gasteiger partial charge in [0.2, 0.25) is 0 Å². The van der Waals surface area contributed by atoms with Gasteiger partial charge in [0.1, 0.15) is 11.6 Å². The zero-order valence-electron chi connectivity index (χ0n) is 41.6. The van der Waals surface area contributed by atoms with Gasteiger partial charge in [0, 0.05) is 22.9 Å². The predicted octanol–water partition coefficient (Wildman–Crippen LogP) is 15.3. The highest BCUT2D eigenvalue weighted by molar-refractivity contribution is 5.98. The van der Waals surface area contributed by atoms with Gasteiger partial charge >= 0.3 is 0 Å². The van der Waals surface area contributed by atoms with Gasteiger partial charge < -0.3 is 5.11 Å². The smallest absolute Gasteiger partial charge is 0.149 e. The summed E-state index contributed by atoms with van der Waals surface area (Å²) in [6, 6.07) is 44.0. The molecule has 0 spiro atoms. The van der Waals surface area contributed by atoms with Gasteiger partial charge in [0.05, 0.1) is 34.8 Å². The summed E-state index contributed by atoms with van der Waals surface area (Å²) in [7, 11) is 0. The average Bonchev–Trinajstić information content (AvgIpc) is 3.70. The van der Waals surface area contributed by atoms with Crippen molar-refractivity contribution in [3.05, 3.63) is 192 Å². The molecule has 0 fully saturated rings. The van der Waals surface area contributed by atoms with Crippen molar-refractivity contribution >= 4 is 11.0 Å². The van der Waals surface area contributed by atoms with Gasteiger partial charge in [-0.25, -0.2) is 4.98 Å². The lowest BCUT2D eigenvalue weighted by molar-refractivity contribution is 0.472. The predicted molar refractivity (Wildman–Crippen MR) is 260 cm³/mol. The monoisotopic (exact) mass is 812 g/mol. The quantitative estimate of drug-likeness (QED) is 0.174. The zero-order valence-corrected chi connectivity index (χ0v) is 36.6. The summed E-state index contributed by atoms with van der Waals surface area (Å²) in [5.74, 6) is 0.772. The molecule has 2 aromatic heterocycles. The van der Waals surface area contributed by atoms with Crippen LogP contribution < -0.4 is 0 Å². The Bertz CT molecular complexity index is 3370. The van der Waals surface area contributed by atoms with Crippen molar-refractivity contribution in [3.8, 4) is 78.6 Å². The van der Waals surface area contributed by atoms with E-state index in [2.05, 4.69) is 143 Å². The van der Waals surface area contributed by atoms with E-state index in [9.17, 15) is 5.11 Å². The van der Waals surface area contributed by atoms with Crippen molar-refractivity contribution in [2.45, 2.75) is 66.2 Å². The van der Waals surface area contributed by atoms with Crippen LogP contribution in [0.3, 0.4) is 0 Å². The van der Waals surface area contributed by atoms with Crippen molar-refractivity contribution < 1.29 is 12.0 Å². The normalized spacial score (nSPS) is 13.1. The Balaban J connectivity index is 1.36. The fourth-order valence-corrected chi connectivity index (χ4v) is 8.49. The fourth-order valence-electron chi connectivity index (χ4n) is 8.49. The number of aromatic nitrogens is 3. The number of pyridine rings is 1. The summed E-state index contributed by atoms with van der Waals surface area (Å²) in [5, 5.41) is 12.0. The highest BCUT2D eigenvalue weighted by Crippen LogP contribution is 2.45. The van der Waals surface area contributed by atoms with E-state index in [0.29, 0.717) is 22.6 Å². The first-order valence-corrected chi connectivity index (χ1v) is 21.1. The average molecular weight is 813 g/mol. The van der Waals surface area contributed by atoms with E-state index in [4.69, 9.17) is 16.8 Å². The number of imidazole rings is 1. The Morgan fingerprint density at radius 3 is 1.90 bits per heavy atom. The SMILES string of the molecule is [2H]c1c([2H])c([2H])c(-c2ccnc(-c3cc(-c4cccc5c4nc(-c4cc(C)cc(C)c4O)n5-c4cc(-c5ccccc5)c(C(C)(C)C)cc4-c4ccccc4)cc(C(C)(C)C)c3)c2)c([2H])c1[2H]. The third kappa shape index (κ3) is 7.62. The van der Waals surface area contributed by atoms with E-state index >= 15 is 0 Å². The lowest BCUT2D eigenvalue weighted by Crippen LogP contribution is -2.14. The van der Waals surface area contributed by atoms with Gasteiger partial charge in [-0.05, 0) is 129 Å². The minimum absolute atomic E-state index is 0.125. The molecule has 0 bridgehead atoms.